The number of thiophene rings is 1. The normalized spacial score (nSPS) is 17.2. The third-order valence-corrected chi connectivity index (χ3v) is 6.71. The van der Waals surface area contributed by atoms with Crippen LogP contribution in [0.3, 0.4) is 0 Å². The van der Waals surface area contributed by atoms with Crippen LogP contribution >= 0.6 is 11.3 Å². The summed E-state index contributed by atoms with van der Waals surface area (Å²) in [7, 11) is 0. The van der Waals surface area contributed by atoms with Crippen LogP contribution in [-0.4, -0.2) is 45.7 Å². The van der Waals surface area contributed by atoms with Gasteiger partial charge in [0, 0.05) is 22.8 Å². The molecule has 0 radical (unpaired) electrons. The van der Waals surface area contributed by atoms with Gasteiger partial charge in [0.1, 0.15) is 6.54 Å². The van der Waals surface area contributed by atoms with Crippen molar-refractivity contribution in [2.45, 2.75) is 45.4 Å². The van der Waals surface area contributed by atoms with Crippen molar-refractivity contribution in [1.29, 1.82) is 0 Å². The SMILES string of the molecule is CCOC(=O)c1cnc(NC(=O)CN2N=C(C)c3cc(C4CC4)sc3C2=C2CC2)nc1. The third-order valence-electron chi connectivity index (χ3n) is 5.41. The van der Waals surface area contributed by atoms with Gasteiger partial charge in [-0.2, -0.15) is 5.10 Å². The Morgan fingerprint density at radius 3 is 2.65 bits per heavy atom. The first kappa shape index (κ1) is 19.9. The van der Waals surface area contributed by atoms with Crippen LogP contribution in [0.5, 0.6) is 0 Å². The van der Waals surface area contributed by atoms with Gasteiger partial charge in [-0.25, -0.2) is 14.8 Å². The van der Waals surface area contributed by atoms with Crippen molar-refractivity contribution in [3.8, 4) is 0 Å². The second-order valence-electron chi connectivity index (χ2n) is 7.93. The van der Waals surface area contributed by atoms with E-state index >= 15 is 0 Å². The molecule has 5 rings (SSSR count). The molecule has 0 spiro atoms. The van der Waals surface area contributed by atoms with Crippen LogP contribution in [0.4, 0.5) is 5.95 Å². The number of carbonyl (C=O) groups is 2. The monoisotopic (exact) mass is 437 g/mol. The van der Waals surface area contributed by atoms with E-state index in [1.807, 2.05) is 23.3 Å². The molecule has 9 heteroatoms. The van der Waals surface area contributed by atoms with Crippen molar-refractivity contribution in [3.05, 3.63) is 44.9 Å². The molecule has 31 heavy (non-hydrogen) atoms. The topological polar surface area (TPSA) is 96.8 Å². The molecule has 2 aromatic rings. The van der Waals surface area contributed by atoms with Crippen LogP contribution < -0.4 is 5.32 Å². The predicted molar refractivity (Wildman–Crippen MR) is 118 cm³/mol. The summed E-state index contributed by atoms with van der Waals surface area (Å²) in [5, 5.41) is 9.25. The molecule has 2 fully saturated rings. The maximum Gasteiger partial charge on any atom is 0.341 e. The summed E-state index contributed by atoms with van der Waals surface area (Å²) in [6.45, 7) is 4.09. The molecule has 2 aliphatic carbocycles. The number of ether oxygens (including phenoxy) is 1. The second kappa shape index (κ2) is 7.88. The fourth-order valence-electron chi connectivity index (χ4n) is 3.60. The summed E-state index contributed by atoms with van der Waals surface area (Å²) in [4.78, 5) is 35.2. The maximum atomic E-state index is 12.7. The average molecular weight is 438 g/mol. The first-order chi connectivity index (χ1) is 15.0. The summed E-state index contributed by atoms with van der Waals surface area (Å²) < 4.78 is 4.92. The van der Waals surface area contributed by atoms with Gasteiger partial charge in [-0.15, -0.1) is 11.3 Å². The lowest BCUT2D eigenvalue weighted by atomic mass is 10.1. The van der Waals surface area contributed by atoms with Gasteiger partial charge in [0.25, 0.3) is 0 Å². The number of carbonyl (C=O) groups excluding carboxylic acids is 2. The summed E-state index contributed by atoms with van der Waals surface area (Å²) >= 11 is 1.85. The molecule has 0 atom stereocenters. The third kappa shape index (κ3) is 4.10. The largest absolute Gasteiger partial charge is 0.462 e. The molecule has 2 aromatic heterocycles. The van der Waals surface area contributed by atoms with Gasteiger partial charge in [0.2, 0.25) is 11.9 Å². The van der Waals surface area contributed by atoms with Crippen LogP contribution in [0, 0.1) is 0 Å². The van der Waals surface area contributed by atoms with E-state index in [9.17, 15) is 9.59 Å². The lowest BCUT2D eigenvalue weighted by Gasteiger charge is -2.26. The number of anilines is 1. The zero-order chi connectivity index (χ0) is 21.5. The smallest absolute Gasteiger partial charge is 0.341 e. The highest BCUT2D eigenvalue weighted by molar-refractivity contribution is 7.13. The van der Waals surface area contributed by atoms with E-state index in [0.717, 1.165) is 24.3 Å². The van der Waals surface area contributed by atoms with Crippen LogP contribution in [-0.2, 0) is 9.53 Å². The molecule has 0 aromatic carbocycles. The Morgan fingerprint density at radius 1 is 1.26 bits per heavy atom. The van der Waals surface area contributed by atoms with Gasteiger partial charge in [-0.3, -0.25) is 15.1 Å². The number of nitrogens with zero attached hydrogens (tertiary/aromatic N) is 4. The number of hydrogen-bond acceptors (Lipinski definition) is 8. The zero-order valence-electron chi connectivity index (χ0n) is 17.5. The van der Waals surface area contributed by atoms with Crippen LogP contribution in [0.15, 0.2) is 29.1 Å². The number of rotatable bonds is 6. The molecule has 1 amide bonds. The lowest BCUT2D eigenvalue weighted by molar-refractivity contribution is -0.116. The Morgan fingerprint density at radius 2 is 2.00 bits per heavy atom. The standard InChI is InChI=1S/C22H23N5O3S/c1-3-30-21(29)15-9-23-22(24-10-15)25-18(28)11-27-19(14-6-7-14)20-16(12(2)26-27)8-17(31-20)13-4-5-13/h8-10,13H,3-7,11H2,1-2H3,(H,23,24,25,28). The number of nitrogens with one attached hydrogen (secondary N) is 1. The van der Waals surface area contributed by atoms with Crippen molar-refractivity contribution in [2.24, 2.45) is 5.10 Å². The lowest BCUT2D eigenvalue weighted by Crippen LogP contribution is -2.32. The summed E-state index contributed by atoms with van der Waals surface area (Å²) in [6.07, 6.45) is 7.33. The van der Waals surface area contributed by atoms with Gasteiger partial charge in [-0.05, 0) is 57.1 Å². The number of fused-ring (bicyclic) bond motifs is 1. The number of allylic oxidation sites excluding steroid dienone is 1. The molecule has 8 nitrogen and oxygen atoms in total. The summed E-state index contributed by atoms with van der Waals surface area (Å²) in [6, 6.07) is 2.29. The van der Waals surface area contributed by atoms with Crippen LogP contribution in [0.1, 0.15) is 71.1 Å². The molecule has 160 valence electrons. The summed E-state index contributed by atoms with van der Waals surface area (Å²) in [5.41, 5.74) is 4.83. The van der Waals surface area contributed by atoms with Crippen molar-refractivity contribution in [2.75, 3.05) is 18.5 Å². The van der Waals surface area contributed by atoms with Gasteiger partial charge >= 0.3 is 5.97 Å². The predicted octanol–water partition coefficient (Wildman–Crippen LogP) is 3.78. The highest BCUT2D eigenvalue weighted by atomic mass is 32.1. The van der Waals surface area contributed by atoms with Crippen LogP contribution in [0.25, 0.3) is 5.70 Å². The van der Waals surface area contributed by atoms with E-state index in [-0.39, 0.29) is 30.6 Å². The molecule has 3 aliphatic rings. The van der Waals surface area contributed by atoms with E-state index in [0.29, 0.717) is 5.92 Å². The molecule has 0 unspecified atom stereocenters. The molecule has 1 aliphatic heterocycles. The fraction of sp³-hybridized carbons (Fsp3) is 0.409. The van der Waals surface area contributed by atoms with Crippen molar-refractivity contribution >= 4 is 40.6 Å². The number of esters is 1. The number of amides is 1. The quantitative estimate of drug-likeness (QED) is 0.691. The molecule has 3 heterocycles. The zero-order valence-corrected chi connectivity index (χ0v) is 18.3. The van der Waals surface area contributed by atoms with E-state index < -0.39 is 5.97 Å². The first-order valence-electron chi connectivity index (χ1n) is 10.5. The molecule has 1 N–H and O–H groups in total. The van der Waals surface area contributed by atoms with E-state index in [1.165, 1.54) is 46.1 Å². The summed E-state index contributed by atoms with van der Waals surface area (Å²) in [5.74, 6) is 0.0858. The highest BCUT2D eigenvalue weighted by Crippen LogP contribution is 2.49. The Bertz CT molecular complexity index is 1110. The Hall–Kier alpha value is -3.07. The second-order valence-corrected chi connectivity index (χ2v) is 9.01. The number of hydrazone groups is 1. The maximum absolute atomic E-state index is 12.7. The average Bonchev–Trinajstić information content (AvgIpc) is 3.67. The van der Waals surface area contributed by atoms with Crippen molar-refractivity contribution in [3.63, 3.8) is 0 Å². The number of aromatic nitrogens is 2. The minimum Gasteiger partial charge on any atom is -0.462 e. The van der Waals surface area contributed by atoms with Gasteiger partial charge in [0.05, 0.1) is 28.5 Å². The van der Waals surface area contributed by atoms with Crippen molar-refractivity contribution in [1.82, 2.24) is 15.0 Å². The minimum atomic E-state index is -0.489. The number of hydrogen-bond donors (Lipinski definition) is 1. The van der Waals surface area contributed by atoms with Crippen molar-refractivity contribution < 1.29 is 14.3 Å². The Balaban J connectivity index is 1.31. The Kier molecular flexibility index (Phi) is 5.05. The van der Waals surface area contributed by atoms with Gasteiger partial charge < -0.3 is 4.74 Å². The highest BCUT2D eigenvalue weighted by Gasteiger charge is 2.34. The van der Waals surface area contributed by atoms with Gasteiger partial charge in [-0.1, -0.05) is 0 Å². The minimum absolute atomic E-state index is 0.0786. The Labute approximate surface area is 184 Å². The molecular formula is C22H23N5O3S. The van der Waals surface area contributed by atoms with Gasteiger partial charge in [0.15, 0.2) is 0 Å². The fourth-order valence-corrected chi connectivity index (χ4v) is 5.07. The molecule has 2 saturated carbocycles. The van der Waals surface area contributed by atoms with E-state index in [1.54, 1.807) is 6.92 Å². The molecular weight excluding hydrogens is 414 g/mol. The van der Waals surface area contributed by atoms with E-state index in [4.69, 9.17) is 9.84 Å². The first-order valence-corrected chi connectivity index (χ1v) is 11.3. The molecule has 0 bridgehead atoms. The van der Waals surface area contributed by atoms with Crippen LogP contribution in [0.2, 0.25) is 0 Å². The van der Waals surface area contributed by atoms with E-state index in [2.05, 4.69) is 21.4 Å². The molecule has 0 saturated heterocycles.